The minimum absolute atomic E-state index is 0.358. The van der Waals surface area contributed by atoms with E-state index in [4.69, 9.17) is 11.5 Å². The second kappa shape index (κ2) is 3.23. The van der Waals surface area contributed by atoms with E-state index in [1.807, 2.05) is 0 Å². The third kappa shape index (κ3) is 1.83. The number of rotatable bonds is 2. The van der Waals surface area contributed by atoms with Gasteiger partial charge in [-0.05, 0) is 17.7 Å². The smallest absolute Gasteiger partial charge is 0.0934 e. The lowest BCUT2D eigenvalue weighted by Gasteiger charge is -2.01. The maximum Gasteiger partial charge on any atom is 0.0934 e. The molecule has 0 saturated heterocycles. The molecule has 1 aromatic rings. The van der Waals surface area contributed by atoms with Crippen molar-refractivity contribution >= 4 is 11.4 Å². The van der Waals surface area contributed by atoms with Crippen LogP contribution in [0, 0.1) is 0 Å². The van der Waals surface area contributed by atoms with Crippen LogP contribution in [0.4, 0.5) is 15.8 Å². The second-order valence-corrected chi connectivity index (χ2v) is 2.40. The predicted molar refractivity (Wildman–Crippen MR) is 44.9 cm³/mol. The van der Waals surface area contributed by atoms with E-state index in [0.717, 1.165) is 5.56 Å². The fourth-order valence-electron chi connectivity index (χ4n) is 0.889. The van der Waals surface area contributed by atoms with Crippen molar-refractivity contribution in [3.63, 3.8) is 0 Å². The Morgan fingerprint density at radius 2 is 1.91 bits per heavy atom. The van der Waals surface area contributed by atoms with Crippen LogP contribution < -0.4 is 11.5 Å². The summed E-state index contributed by atoms with van der Waals surface area (Å²) in [4.78, 5) is 0. The lowest BCUT2D eigenvalue weighted by molar-refractivity contribution is 0.495. The summed E-state index contributed by atoms with van der Waals surface area (Å²) >= 11 is 0. The van der Waals surface area contributed by atoms with Crippen molar-refractivity contribution in [3.8, 4) is 0 Å². The Hall–Kier alpha value is -1.25. The molecule has 0 fully saturated rings. The molecule has 0 unspecified atom stereocenters. The van der Waals surface area contributed by atoms with Gasteiger partial charge in [0.1, 0.15) is 0 Å². The van der Waals surface area contributed by atoms with Gasteiger partial charge in [-0.25, -0.2) is 0 Å². The highest BCUT2D eigenvalue weighted by molar-refractivity contribution is 5.63. The summed E-state index contributed by atoms with van der Waals surface area (Å²) in [5.41, 5.74) is 12.9. The lowest BCUT2D eigenvalue weighted by atomic mass is 10.1. The molecule has 2 nitrogen and oxygen atoms in total. The molecule has 11 heavy (non-hydrogen) atoms. The van der Waals surface area contributed by atoms with Gasteiger partial charge in [0.05, 0.1) is 18.0 Å². The van der Waals surface area contributed by atoms with Gasteiger partial charge in [-0.2, -0.15) is 0 Å². The Kier molecular flexibility index (Phi) is 2.31. The second-order valence-electron chi connectivity index (χ2n) is 2.40. The average Bonchev–Trinajstić information content (AvgIpc) is 1.98. The molecular weight excluding hydrogens is 143 g/mol. The van der Waals surface area contributed by atoms with Crippen molar-refractivity contribution in [2.24, 2.45) is 0 Å². The van der Waals surface area contributed by atoms with Crippen LogP contribution in [0.1, 0.15) is 5.56 Å². The van der Waals surface area contributed by atoms with E-state index < -0.39 is 0 Å². The zero-order valence-electron chi connectivity index (χ0n) is 6.18. The number of aryl methyl sites for hydroxylation is 1. The molecule has 60 valence electrons. The lowest BCUT2D eigenvalue weighted by Crippen LogP contribution is -1.96. The topological polar surface area (TPSA) is 52.0 Å². The van der Waals surface area contributed by atoms with E-state index in [1.54, 1.807) is 18.2 Å². The molecule has 0 saturated carbocycles. The van der Waals surface area contributed by atoms with E-state index in [0.29, 0.717) is 17.8 Å². The zero-order valence-corrected chi connectivity index (χ0v) is 6.18. The maximum absolute atomic E-state index is 11.8. The Morgan fingerprint density at radius 3 is 2.45 bits per heavy atom. The Bertz CT molecular complexity index is 248. The molecule has 0 heterocycles. The van der Waals surface area contributed by atoms with Gasteiger partial charge in [-0.1, -0.05) is 6.07 Å². The van der Waals surface area contributed by atoms with Gasteiger partial charge in [0.15, 0.2) is 0 Å². The first kappa shape index (κ1) is 7.85. The SMILES string of the molecule is Nc1ccc(CCF)cc1N. The van der Waals surface area contributed by atoms with Gasteiger partial charge in [0.2, 0.25) is 0 Å². The number of benzene rings is 1. The minimum atomic E-state index is -0.358. The van der Waals surface area contributed by atoms with Crippen LogP contribution in [0.3, 0.4) is 0 Å². The van der Waals surface area contributed by atoms with Crippen molar-refractivity contribution in [2.75, 3.05) is 18.1 Å². The number of anilines is 2. The van der Waals surface area contributed by atoms with Crippen LogP contribution in [0.5, 0.6) is 0 Å². The van der Waals surface area contributed by atoms with E-state index in [9.17, 15) is 4.39 Å². The quantitative estimate of drug-likeness (QED) is 0.632. The Balaban J connectivity index is 2.86. The molecule has 0 atom stereocenters. The van der Waals surface area contributed by atoms with Crippen molar-refractivity contribution in [3.05, 3.63) is 23.8 Å². The first-order valence-corrected chi connectivity index (χ1v) is 3.44. The van der Waals surface area contributed by atoms with Crippen molar-refractivity contribution < 1.29 is 4.39 Å². The molecule has 0 spiro atoms. The molecule has 0 aliphatic rings. The summed E-state index contributed by atoms with van der Waals surface area (Å²) in [6.45, 7) is -0.358. The Morgan fingerprint density at radius 1 is 1.18 bits per heavy atom. The van der Waals surface area contributed by atoms with Gasteiger partial charge < -0.3 is 11.5 Å². The van der Waals surface area contributed by atoms with Crippen LogP contribution >= 0.6 is 0 Å². The number of hydrogen-bond acceptors (Lipinski definition) is 2. The largest absolute Gasteiger partial charge is 0.397 e. The van der Waals surface area contributed by atoms with Crippen LogP contribution in [0.2, 0.25) is 0 Å². The molecule has 4 N–H and O–H groups in total. The van der Waals surface area contributed by atoms with Gasteiger partial charge in [-0.3, -0.25) is 4.39 Å². The monoisotopic (exact) mass is 154 g/mol. The van der Waals surface area contributed by atoms with Crippen LogP contribution in [-0.2, 0) is 6.42 Å². The summed E-state index contributed by atoms with van der Waals surface area (Å²) in [6, 6.07) is 5.18. The first-order chi connectivity index (χ1) is 5.24. The summed E-state index contributed by atoms with van der Waals surface area (Å²) in [6.07, 6.45) is 0.407. The molecule has 1 rings (SSSR count). The maximum atomic E-state index is 11.8. The normalized spacial score (nSPS) is 9.91. The van der Waals surface area contributed by atoms with E-state index in [-0.39, 0.29) is 6.67 Å². The number of nitrogens with two attached hydrogens (primary N) is 2. The number of alkyl halides is 1. The molecule has 0 aliphatic heterocycles. The van der Waals surface area contributed by atoms with Crippen LogP contribution in [0.25, 0.3) is 0 Å². The van der Waals surface area contributed by atoms with E-state index in [2.05, 4.69) is 0 Å². The van der Waals surface area contributed by atoms with Gasteiger partial charge in [0, 0.05) is 6.42 Å². The van der Waals surface area contributed by atoms with Gasteiger partial charge in [-0.15, -0.1) is 0 Å². The van der Waals surface area contributed by atoms with Crippen molar-refractivity contribution in [1.82, 2.24) is 0 Å². The summed E-state index contributed by atoms with van der Waals surface area (Å²) in [7, 11) is 0. The minimum Gasteiger partial charge on any atom is -0.397 e. The third-order valence-electron chi connectivity index (χ3n) is 1.53. The summed E-state index contributed by atoms with van der Waals surface area (Å²) in [5, 5.41) is 0. The number of halogens is 1. The van der Waals surface area contributed by atoms with Crippen LogP contribution in [-0.4, -0.2) is 6.67 Å². The average molecular weight is 154 g/mol. The summed E-state index contributed by atoms with van der Waals surface area (Å²) < 4.78 is 11.8. The van der Waals surface area contributed by atoms with Gasteiger partial charge in [0.25, 0.3) is 0 Å². The molecule has 0 radical (unpaired) electrons. The van der Waals surface area contributed by atoms with Gasteiger partial charge >= 0.3 is 0 Å². The van der Waals surface area contributed by atoms with Crippen LogP contribution in [0.15, 0.2) is 18.2 Å². The van der Waals surface area contributed by atoms with E-state index in [1.165, 1.54) is 0 Å². The highest BCUT2D eigenvalue weighted by Gasteiger charge is 1.96. The van der Waals surface area contributed by atoms with Crippen molar-refractivity contribution in [2.45, 2.75) is 6.42 Å². The molecule has 0 aliphatic carbocycles. The predicted octanol–water partition coefficient (Wildman–Crippen LogP) is 1.36. The molecule has 3 heteroatoms. The summed E-state index contributed by atoms with van der Waals surface area (Å²) in [5.74, 6) is 0. The fraction of sp³-hybridized carbons (Fsp3) is 0.250. The first-order valence-electron chi connectivity index (χ1n) is 3.44. The zero-order chi connectivity index (χ0) is 8.27. The molecule has 0 aromatic heterocycles. The standard InChI is InChI=1S/C8H11FN2/c9-4-3-6-1-2-7(10)8(11)5-6/h1-2,5H,3-4,10-11H2. The number of nitrogen functional groups attached to an aromatic ring is 2. The molecular formula is C8H11FN2. The highest BCUT2D eigenvalue weighted by atomic mass is 19.1. The fourth-order valence-corrected chi connectivity index (χ4v) is 0.889. The molecule has 0 bridgehead atoms. The van der Waals surface area contributed by atoms with E-state index >= 15 is 0 Å². The Labute approximate surface area is 65.0 Å². The molecule has 1 aromatic carbocycles. The molecule has 0 amide bonds. The van der Waals surface area contributed by atoms with Crippen molar-refractivity contribution in [1.29, 1.82) is 0 Å². The highest BCUT2D eigenvalue weighted by Crippen LogP contribution is 2.16. The third-order valence-corrected chi connectivity index (χ3v) is 1.53. The number of hydrogen-bond donors (Lipinski definition) is 2.